The predicted molar refractivity (Wildman–Crippen MR) is 83.7 cm³/mol. The highest BCUT2D eigenvalue weighted by Gasteiger charge is 2.20. The number of carbonyl (C=O) groups is 1. The number of ether oxygens (including phenoxy) is 1. The number of hydrogen-bond acceptors (Lipinski definition) is 2. The summed E-state index contributed by atoms with van der Waals surface area (Å²) in [5, 5.41) is 2.77. The summed E-state index contributed by atoms with van der Waals surface area (Å²) in [5.41, 5.74) is 1.95. The van der Waals surface area contributed by atoms with Gasteiger partial charge in [-0.25, -0.2) is 4.39 Å². The van der Waals surface area contributed by atoms with Crippen LogP contribution in [-0.4, -0.2) is 13.0 Å². The molecule has 0 aliphatic carbocycles. The fraction of sp³-hybridized carbons (Fsp3) is 0.188. The number of anilines is 1. The van der Waals surface area contributed by atoms with Crippen LogP contribution in [0.4, 0.5) is 10.1 Å². The molecule has 2 aromatic rings. The Morgan fingerprint density at radius 2 is 1.95 bits per heavy atom. The number of carbonyl (C=O) groups excluding carboxylic acids is 1. The van der Waals surface area contributed by atoms with Gasteiger partial charge in [-0.15, -0.1) is 0 Å². The van der Waals surface area contributed by atoms with Gasteiger partial charge in [0, 0.05) is 12.8 Å². The third-order valence-electron chi connectivity index (χ3n) is 3.10. The van der Waals surface area contributed by atoms with E-state index in [4.69, 9.17) is 4.74 Å². The van der Waals surface area contributed by atoms with Crippen LogP contribution in [0.3, 0.4) is 0 Å². The van der Waals surface area contributed by atoms with Gasteiger partial charge in [0.1, 0.15) is 5.82 Å². The number of methoxy groups -OCH3 is 1. The van der Waals surface area contributed by atoms with Crippen LogP contribution in [0.2, 0.25) is 0 Å². The quantitative estimate of drug-likeness (QED) is 0.895. The molecule has 3 nitrogen and oxygen atoms in total. The average molecular weight is 352 g/mol. The number of rotatable bonds is 4. The summed E-state index contributed by atoms with van der Waals surface area (Å²) in [4.78, 5) is 12.3. The van der Waals surface area contributed by atoms with E-state index in [0.29, 0.717) is 15.7 Å². The van der Waals surface area contributed by atoms with Crippen molar-refractivity contribution in [3.63, 3.8) is 0 Å². The second kappa shape index (κ2) is 6.83. The molecule has 1 amide bonds. The maximum atomic E-state index is 13.4. The van der Waals surface area contributed by atoms with E-state index >= 15 is 0 Å². The number of halogens is 2. The van der Waals surface area contributed by atoms with Gasteiger partial charge in [-0.1, -0.05) is 30.3 Å². The lowest BCUT2D eigenvalue weighted by Gasteiger charge is -2.17. The molecule has 0 aliphatic heterocycles. The number of hydrogen-bond donors (Lipinski definition) is 1. The molecule has 0 heterocycles. The summed E-state index contributed by atoms with van der Waals surface area (Å²) >= 11 is 3.11. The molecule has 0 fully saturated rings. The van der Waals surface area contributed by atoms with Crippen molar-refractivity contribution >= 4 is 27.5 Å². The lowest BCUT2D eigenvalue weighted by atomic mass is 10.1. The van der Waals surface area contributed by atoms with E-state index in [9.17, 15) is 9.18 Å². The smallest absolute Gasteiger partial charge is 0.258 e. The molecular formula is C16H15BrFNO2. The topological polar surface area (TPSA) is 38.3 Å². The number of nitrogens with one attached hydrogen (secondary N) is 1. The molecule has 0 radical (unpaired) electrons. The minimum absolute atomic E-state index is 0.301. The van der Waals surface area contributed by atoms with Crippen LogP contribution in [0.15, 0.2) is 46.9 Å². The Morgan fingerprint density at radius 1 is 1.29 bits per heavy atom. The molecule has 1 N–H and O–H groups in total. The molecule has 2 aromatic carbocycles. The van der Waals surface area contributed by atoms with Gasteiger partial charge in [0.15, 0.2) is 6.10 Å². The largest absolute Gasteiger partial charge is 0.367 e. The van der Waals surface area contributed by atoms with Crippen molar-refractivity contribution in [2.75, 3.05) is 12.4 Å². The van der Waals surface area contributed by atoms with Gasteiger partial charge in [0.05, 0.1) is 4.47 Å². The summed E-state index contributed by atoms with van der Waals surface area (Å²) in [6, 6.07) is 12.1. The lowest BCUT2D eigenvalue weighted by molar-refractivity contribution is -0.126. The van der Waals surface area contributed by atoms with Crippen molar-refractivity contribution in [1.82, 2.24) is 0 Å². The van der Waals surface area contributed by atoms with Crippen molar-refractivity contribution in [3.05, 3.63) is 63.9 Å². The van der Waals surface area contributed by atoms with Gasteiger partial charge in [-0.2, -0.15) is 0 Å². The Hall–Kier alpha value is -1.72. The Labute approximate surface area is 131 Å². The minimum atomic E-state index is -0.713. The standard InChI is InChI=1S/C16H15BrFNO2/c1-10-8-13(18)12(17)9-14(10)19-16(20)15(21-2)11-6-4-3-5-7-11/h3-9,15H,1-2H3,(H,19,20). The number of aryl methyl sites for hydroxylation is 1. The molecule has 0 aliphatic rings. The molecular weight excluding hydrogens is 337 g/mol. The first-order valence-electron chi connectivity index (χ1n) is 6.37. The van der Waals surface area contributed by atoms with Gasteiger partial charge in [0.2, 0.25) is 0 Å². The summed E-state index contributed by atoms with van der Waals surface area (Å²) < 4.78 is 19.0. The molecule has 1 unspecified atom stereocenters. The Bertz CT molecular complexity index is 646. The van der Waals surface area contributed by atoms with Crippen molar-refractivity contribution in [3.8, 4) is 0 Å². The van der Waals surface area contributed by atoms with E-state index in [1.165, 1.54) is 13.2 Å². The first-order valence-corrected chi connectivity index (χ1v) is 7.16. The van der Waals surface area contributed by atoms with E-state index in [1.807, 2.05) is 30.3 Å². The fourth-order valence-corrected chi connectivity index (χ4v) is 2.34. The van der Waals surface area contributed by atoms with Gasteiger partial charge >= 0.3 is 0 Å². The van der Waals surface area contributed by atoms with Crippen LogP contribution in [0, 0.1) is 12.7 Å². The third kappa shape index (κ3) is 3.68. The third-order valence-corrected chi connectivity index (χ3v) is 3.71. The molecule has 0 bridgehead atoms. The molecule has 21 heavy (non-hydrogen) atoms. The molecule has 0 spiro atoms. The van der Waals surface area contributed by atoms with Crippen LogP contribution < -0.4 is 5.32 Å². The highest BCUT2D eigenvalue weighted by atomic mass is 79.9. The van der Waals surface area contributed by atoms with Crippen LogP contribution in [-0.2, 0) is 9.53 Å². The van der Waals surface area contributed by atoms with Crippen molar-refractivity contribution in [2.45, 2.75) is 13.0 Å². The van der Waals surface area contributed by atoms with Crippen molar-refractivity contribution < 1.29 is 13.9 Å². The fourth-order valence-electron chi connectivity index (χ4n) is 2.00. The average Bonchev–Trinajstić information content (AvgIpc) is 2.46. The van der Waals surface area contributed by atoms with E-state index in [-0.39, 0.29) is 11.7 Å². The van der Waals surface area contributed by atoms with Crippen LogP contribution in [0.25, 0.3) is 0 Å². The Kier molecular flexibility index (Phi) is 5.09. The van der Waals surface area contributed by atoms with Crippen molar-refractivity contribution in [1.29, 1.82) is 0 Å². The van der Waals surface area contributed by atoms with Crippen molar-refractivity contribution in [2.24, 2.45) is 0 Å². The second-order valence-corrected chi connectivity index (χ2v) is 5.45. The first kappa shape index (κ1) is 15.7. The highest BCUT2D eigenvalue weighted by molar-refractivity contribution is 9.10. The maximum Gasteiger partial charge on any atom is 0.258 e. The van der Waals surface area contributed by atoms with E-state index in [1.54, 1.807) is 13.0 Å². The molecule has 5 heteroatoms. The van der Waals surface area contributed by atoms with Gasteiger partial charge in [-0.3, -0.25) is 4.79 Å². The molecule has 0 saturated carbocycles. The molecule has 0 aromatic heterocycles. The van der Waals surface area contributed by atoms with E-state index in [2.05, 4.69) is 21.2 Å². The molecule has 2 rings (SSSR count). The Morgan fingerprint density at radius 3 is 2.57 bits per heavy atom. The van der Waals surface area contributed by atoms with Gasteiger partial charge in [-0.05, 0) is 46.1 Å². The van der Waals surface area contributed by atoms with E-state index in [0.717, 1.165) is 5.56 Å². The summed E-state index contributed by atoms with van der Waals surface area (Å²) in [6.07, 6.45) is -0.713. The maximum absolute atomic E-state index is 13.4. The minimum Gasteiger partial charge on any atom is -0.367 e. The molecule has 0 saturated heterocycles. The van der Waals surface area contributed by atoms with E-state index < -0.39 is 6.10 Å². The lowest BCUT2D eigenvalue weighted by Crippen LogP contribution is -2.23. The zero-order valence-electron chi connectivity index (χ0n) is 11.7. The Balaban J connectivity index is 2.23. The normalized spacial score (nSPS) is 12.0. The highest BCUT2D eigenvalue weighted by Crippen LogP contribution is 2.26. The number of amides is 1. The summed E-state index contributed by atoms with van der Waals surface area (Å²) in [6.45, 7) is 1.73. The molecule has 1 atom stereocenters. The molecule has 110 valence electrons. The number of benzene rings is 2. The SMILES string of the molecule is COC(C(=O)Nc1cc(Br)c(F)cc1C)c1ccccc1. The van der Waals surface area contributed by atoms with Crippen LogP contribution >= 0.6 is 15.9 Å². The predicted octanol–water partition coefficient (Wildman–Crippen LogP) is 4.22. The summed E-state index contributed by atoms with van der Waals surface area (Å²) in [5.74, 6) is -0.665. The zero-order valence-corrected chi connectivity index (χ0v) is 13.3. The van der Waals surface area contributed by atoms with Crippen LogP contribution in [0.5, 0.6) is 0 Å². The van der Waals surface area contributed by atoms with Crippen LogP contribution in [0.1, 0.15) is 17.2 Å². The second-order valence-electron chi connectivity index (χ2n) is 4.60. The van der Waals surface area contributed by atoms with Gasteiger partial charge < -0.3 is 10.1 Å². The monoisotopic (exact) mass is 351 g/mol. The van der Waals surface area contributed by atoms with Gasteiger partial charge in [0.25, 0.3) is 5.91 Å². The first-order chi connectivity index (χ1) is 10.0. The summed E-state index contributed by atoms with van der Waals surface area (Å²) in [7, 11) is 1.48. The zero-order chi connectivity index (χ0) is 15.4.